The van der Waals surface area contributed by atoms with E-state index in [1.165, 1.54) is 19.3 Å². The minimum atomic E-state index is -2.43. The van der Waals surface area contributed by atoms with Gasteiger partial charge in [0.1, 0.15) is 6.10 Å². The first-order valence-electron chi connectivity index (χ1n) is 8.08. The molecule has 1 saturated carbocycles. The van der Waals surface area contributed by atoms with Crippen LogP contribution in [0.5, 0.6) is 0 Å². The Hall–Kier alpha value is -0.0831. The van der Waals surface area contributed by atoms with Crippen LogP contribution >= 0.6 is 11.8 Å². The lowest BCUT2D eigenvalue weighted by atomic mass is 9.98. The minimum Gasteiger partial charge on any atom is -0.462 e. The molecule has 0 amide bonds. The summed E-state index contributed by atoms with van der Waals surface area (Å²) in [6, 6.07) is 0.802. The lowest BCUT2D eigenvalue weighted by Gasteiger charge is -2.24. The van der Waals surface area contributed by atoms with Crippen LogP contribution in [0.1, 0.15) is 44.9 Å². The molecule has 0 heterocycles. The van der Waals surface area contributed by atoms with Crippen LogP contribution < -0.4 is 0 Å². The van der Waals surface area contributed by atoms with E-state index in [-0.39, 0.29) is 12.1 Å². The van der Waals surface area contributed by atoms with E-state index in [0.717, 1.165) is 36.8 Å². The van der Waals surface area contributed by atoms with Gasteiger partial charge in [-0.2, -0.15) is 11.8 Å². The Kier molecular flexibility index (Phi) is 10.4. The summed E-state index contributed by atoms with van der Waals surface area (Å²) in [6.45, 7) is 0. The number of carbonyl (C=O) groups excluding carboxylic acids is 1. The van der Waals surface area contributed by atoms with Gasteiger partial charge in [0, 0.05) is 33.1 Å². The van der Waals surface area contributed by atoms with Crippen molar-refractivity contribution in [3.05, 3.63) is 0 Å². The highest BCUT2D eigenvalue weighted by atomic mass is 32.2. The van der Waals surface area contributed by atoms with Crippen molar-refractivity contribution in [2.45, 2.75) is 57.1 Å². The van der Waals surface area contributed by atoms with Crippen LogP contribution in [-0.2, 0) is 22.8 Å². The van der Waals surface area contributed by atoms with Gasteiger partial charge in [-0.3, -0.25) is 4.79 Å². The van der Waals surface area contributed by atoms with Gasteiger partial charge < -0.3 is 18.0 Å². The highest BCUT2D eigenvalue weighted by Crippen LogP contribution is 2.21. The highest BCUT2D eigenvalue weighted by molar-refractivity contribution is 7.99. The molecule has 1 rings (SSSR count). The number of rotatable bonds is 11. The van der Waals surface area contributed by atoms with Crippen molar-refractivity contribution in [2.75, 3.05) is 32.8 Å². The molecule has 0 aromatic rings. The van der Waals surface area contributed by atoms with Crippen molar-refractivity contribution in [1.82, 2.24) is 0 Å². The van der Waals surface area contributed by atoms with Gasteiger partial charge >= 0.3 is 14.8 Å². The maximum Gasteiger partial charge on any atom is 0.500 e. The lowest BCUT2D eigenvalue weighted by molar-refractivity contribution is -0.149. The number of carbonyl (C=O) groups is 1. The van der Waals surface area contributed by atoms with Gasteiger partial charge in [0.05, 0.1) is 6.42 Å². The van der Waals surface area contributed by atoms with Crippen LogP contribution in [-0.4, -0.2) is 53.7 Å². The van der Waals surface area contributed by atoms with E-state index in [0.29, 0.717) is 6.42 Å². The molecule has 0 bridgehead atoms. The van der Waals surface area contributed by atoms with Crippen LogP contribution in [0.3, 0.4) is 0 Å². The van der Waals surface area contributed by atoms with Crippen LogP contribution in [0.15, 0.2) is 0 Å². The number of esters is 1. The second-order valence-electron chi connectivity index (χ2n) is 5.51. The summed E-state index contributed by atoms with van der Waals surface area (Å²) in [7, 11) is 2.46. The first-order chi connectivity index (χ1) is 10.7. The van der Waals surface area contributed by atoms with Crippen LogP contribution in [0.4, 0.5) is 0 Å². The van der Waals surface area contributed by atoms with E-state index in [9.17, 15) is 4.79 Å². The molecule has 0 aromatic heterocycles. The zero-order valence-corrected chi connectivity index (χ0v) is 15.9. The van der Waals surface area contributed by atoms with E-state index >= 15 is 0 Å². The summed E-state index contributed by atoms with van der Waals surface area (Å²) in [4.78, 5) is 11.8. The Labute approximate surface area is 139 Å². The molecule has 130 valence electrons. The summed E-state index contributed by atoms with van der Waals surface area (Å²) in [5.41, 5.74) is 0. The summed E-state index contributed by atoms with van der Waals surface area (Å²) in [6.07, 6.45) is 7.37. The van der Waals surface area contributed by atoms with E-state index in [1.54, 1.807) is 33.1 Å². The molecule has 0 aliphatic heterocycles. The van der Waals surface area contributed by atoms with E-state index in [4.69, 9.17) is 18.0 Å². The van der Waals surface area contributed by atoms with Crippen LogP contribution in [0.25, 0.3) is 0 Å². The standard InChI is InChI=1S/C15H30O5SSi/c1-17-22(18-2,19-3)13-7-11-21-12-10-15(16)20-14-8-5-4-6-9-14/h14H,4-13H2,1-3H3. The fourth-order valence-corrected chi connectivity index (χ4v) is 5.47. The third-order valence-electron chi connectivity index (χ3n) is 4.01. The molecule has 22 heavy (non-hydrogen) atoms. The molecule has 0 saturated heterocycles. The molecule has 0 N–H and O–H groups in total. The van der Waals surface area contributed by atoms with Crippen LogP contribution in [0, 0.1) is 0 Å². The first kappa shape index (κ1) is 20.0. The Balaban J connectivity index is 2.03. The van der Waals surface area contributed by atoms with Crippen molar-refractivity contribution in [1.29, 1.82) is 0 Å². The molecule has 1 aliphatic carbocycles. The predicted octanol–water partition coefficient (Wildman–Crippen LogP) is 3.25. The predicted molar refractivity (Wildman–Crippen MR) is 91.1 cm³/mol. The average Bonchev–Trinajstić information content (AvgIpc) is 2.56. The molecule has 1 aliphatic rings. The fraction of sp³-hybridized carbons (Fsp3) is 0.933. The van der Waals surface area contributed by atoms with Gasteiger partial charge in [-0.05, 0) is 37.9 Å². The lowest BCUT2D eigenvalue weighted by Crippen LogP contribution is -2.42. The van der Waals surface area contributed by atoms with Crippen molar-refractivity contribution < 1.29 is 22.8 Å². The number of hydrogen-bond donors (Lipinski definition) is 0. The first-order valence-corrected chi connectivity index (χ1v) is 11.2. The Bertz CT molecular complexity index is 298. The number of ether oxygens (including phenoxy) is 1. The van der Waals surface area contributed by atoms with E-state index in [2.05, 4.69) is 0 Å². The maximum absolute atomic E-state index is 11.8. The molecule has 7 heteroatoms. The van der Waals surface area contributed by atoms with Gasteiger partial charge in [0.25, 0.3) is 0 Å². The van der Waals surface area contributed by atoms with Gasteiger partial charge in [-0.15, -0.1) is 0 Å². The fourth-order valence-electron chi connectivity index (χ4n) is 2.63. The molecule has 5 nitrogen and oxygen atoms in total. The third-order valence-corrected chi connectivity index (χ3v) is 7.91. The SMILES string of the molecule is CO[Si](CCCSCCC(=O)OC1CCCCC1)(OC)OC. The molecule has 0 aromatic carbocycles. The van der Waals surface area contributed by atoms with E-state index < -0.39 is 8.80 Å². The molecular weight excluding hydrogens is 320 g/mol. The smallest absolute Gasteiger partial charge is 0.462 e. The van der Waals surface area contributed by atoms with E-state index in [1.807, 2.05) is 0 Å². The van der Waals surface area contributed by atoms with Gasteiger partial charge in [-0.25, -0.2) is 0 Å². The quantitative estimate of drug-likeness (QED) is 0.324. The molecule has 0 spiro atoms. The number of thioether (sulfide) groups is 1. The second kappa shape index (κ2) is 11.5. The van der Waals surface area contributed by atoms with Crippen LogP contribution in [0.2, 0.25) is 6.04 Å². The Morgan fingerprint density at radius 1 is 1.05 bits per heavy atom. The molecular formula is C15H30O5SSi. The monoisotopic (exact) mass is 350 g/mol. The second-order valence-corrected chi connectivity index (χ2v) is 9.83. The molecule has 0 radical (unpaired) electrons. The normalized spacial score (nSPS) is 16.7. The van der Waals surface area contributed by atoms with Crippen molar-refractivity contribution in [3.63, 3.8) is 0 Å². The van der Waals surface area contributed by atoms with Crippen molar-refractivity contribution >= 4 is 26.5 Å². The van der Waals surface area contributed by atoms with Crippen molar-refractivity contribution in [2.24, 2.45) is 0 Å². The Morgan fingerprint density at radius 3 is 2.27 bits per heavy atom. The number of hydrogen-bond acceptors (Lipinski definition) is 6. The Morgan fingerprint density at radius 2 is 1.68 bits per heavy atom. The van der Waals surface area contributed by atoms with Crippen molar-refractivity contribution in [3.8, 4) is 0 Å². The summed E-state index contributed by atoms with van der Waals surface area (Å²) < 4.78 is 21.6. The van der Waals surface area contributed by atoms with Gasteiger partial charge in [0.15, 0.2) is 0 Å². The van der Waals surface area contributed by atoms with Gasteiger partial charge in [0.2, 0.25) is 0 Å². The summed E-state index contributed by atoms with van der Waals surface area (Å²) in [5.74, 6) is 1.74. The highest BCUT2D eigenvalue weighted by Gasteiger charge is 2.36. The third kappa shape index (κ3) is 7.46. The zero-order valence-electron chi connectivity index (χ0n) is 14.1. The summed E-state index contributed by atoms with van der Waals surface area (Å²) >= 11 is 1.77. The summed E-state index contributed by atoms with van der Waals surface area (Å²) in [5, 5.41) is 0. The topological polar surface area (TPSA) is 54.0 Å². The largest absolute Gasteiger partial charge is 0.500 e. The van der Waals surface area contributed by atoms with Gasteiger partial charge in [-0.1, -0.05) is 6.42 Å². The maximum atomic E-state index is 11.8. The molecule has 1 fully saturated rings. The average molecular weight is 351 g/mol. The minimum absolute atomic E-state index is 0.0474. The molecule has 0 atom stereocenters. The zero-order chi connectivity index (χ0) is 16.3. The molecule has 0 unspecified atom stereocenters.